The van der Waals surface area contributed by atoms with Crippen molar-refractivity contribution in [3.63, 3.8) is 0 Å². The van der Waals surface area contributed by atoms with Crippen molar-refractivity contribution in [2.75, 3.05) is 44.6 Å². The van der Waals surface area contributed by atoms with Gasteiger partial charge in [-0.15, -0.1) is 0 Å². The van der Waals surface area contributed by atoms with Crippen molar-refractivity contribution in [3.8, 4) is 0 Å². The lowest BCUT2D eigenvalue weighted by Crippen LogP contribution is -2.49. The number of piperazine rings is 1. The summed E-state index contributed by atoms with van der Waals surface area (Å²) < 4.78 is 0. The minimum atomic E-state index is 0.0923. The summed E-state index contributed by atoms with van der Waals surface area (Å²) in [6.45, 7) is 14.3. The zero-order valence-corrected chi connectivity index (χ0v) is 14.4. The van der Waals surface area contributed by atoms with Gasteiger partial charge in [-0.2, -0.15) is 0 Å². The molecule has 4 nitrogen and oxygen atoms in total. The standard InChI is InChI=1S/C18H29N3O/c1-14(2)12-20-8-10-21(11-9-20)13-17(22)19-18-15(3)6-5-7-16(18)4/h5-7,14H,8-13H2,1-4H3,(H,19,22). The highest BCUT2D eigenvalue weighted by Crippen LogP contribution is 2.19. The highest BCUT2D eigenvalue weighted by atomic mass is 16.2. The van der Waals surface area contributed by atoms with Gasteiger partial charge >= 0.3 is 0 Å². The summed E-state index contributed by atoms with van der Waals surface area (Å²) in [7, 11) is 0. The number of rotatable bonds is 5. The van der Waals surface area contributed by atoms with E-state index < -0.39 is 0 Å². The van der Waals surface area contributed by atoms with Crippen LogP contribution in [0.15, 0.2) is 18.2 Å². The van der Waals surface area contributed by atoms with Crippen LogP contribution in [0.4, 0.5) is 5.69 Å². The summed E-state index contributed by atoms with van der Waals surface area (Å²) in [6, 6.07) is 6.09. The van der Waals surface area contributed by atoms with E-state index >= 15 is 0 Å². The number of benzene rings is 1. The summed E-state index contributed by atoms with van der Waals surface area (Å²) in [4.78, 5) is 17.0. The predicted octanol–water partition coefficient (Wildman–Crippen LogP) is 2.52. The van der Waals surface area contributed by atoms with Crippen LogP contribution in [0.3, 0.4) is 0 Å². The Hall–Kier alpha value is -1.39. The molecular weight excluding hydrogens is 274 g/mol. The Kier molecular flexibility index (Phi) is 5.98. The minimum absolute atomic E-state index is 0.0923. The van der Waals surface area contributed by atoms with Gasteiger partial charge in [0.1, 0.15) is 0 Å². The van der Waals surface area contributed by atoms with Crippen LogP contribution in [0, 0.1) is 19.8 Å². The molecule has 0 aromatic heterocycles. The molecule has 0 atom stereocenters. The van der Waals surface area contributed by atoms with Gasteiger partial charge in [-0.25, -0.2) is 0 Å². The SMILES string of the molecule is Cc1cccc(C)c1NC(=O)CN1CCN(CC(C)C)CC1. The third-order valence-electron chi connectivity index (χ3n) is 4.20. The number of aryl methyl sites for hydroxylation is 2. The summed E-state index contributed by atoms with van der Waals surface area (Å²) >= 11 is 0. The van der Waals surface area contributed by atoms with E-state index in [-0.39, 0.29) is 5.91 Å². The van der Waals surface area contributed by atoms with Crippen molar-refractivity contribution in [2.45, 2.75) is 27.7 Å². The maximum atomic E-state index is 12.3. The molecule has 0 unspecified atom stereocenters. The predicted molar refractivity (Wildman–Crippen MR) is 92.3 cm³/mol. The average molecular weight is 303 g/mol. The van der Waals surface area contributed by atoms with Crippen molar-refractivity contribution in [1.82, 2.24) is 9.80 Å². The summed E-state index contributed by atoms with van der Waals surface area (Å²) in [5.41, 5.74) is 3.20. The maximum absolute atomic E-state index is 12.3. The van der Waals surface area contributed by atoms with Crippen LogP contribution in [-0.2, 0) is 4.79 Å². The zero-order valence-electron chi connectivity index (χ0n) is 14.4. The molecule has 4 heteroatoms. The lowest BCUT2D eigenvalue weighted by molar-refractivity contribution is -0.117. The van der Waals surface area contributed by atoms with Gasteiger partial charge in [-0.05, 0) is 30.9 Å². The van der Waals surface area contributed by atoms with Crippen LogP contribution in [0.2, 0.25) is 0 Å². The van der Waals surface area contributed by atoms with Gasteiger partial charge in [-0.1, -0.05) is 32.0 Å². The van der Waals surface area contributed by atoms with E-state index in [1.165, 1.54) is 0 Å². The number of carbonyl (C=O) groups excluding carboxylic acids is 1. The second-order valence-corrected chi connectivity index (χ2v) is 6.79. The van der Waals surface area contributed by atoms with Crippen molar-refractivity contribution in [1.29, 1.82) is 0 Å². The summed E-state index contributed by atoms with van der Waals surface area (Å²) in [5.74, 6) is 0.800. The molecule has 1 N–H and O–H groups in total. The first-order valence-corrected chi connectivity index (χ1v) is 8.26. The Morgan fingerprint density at radius 3 is 2.18 bits per heavy atom. The fraction of sp³-hybridized carbons (Fsp3) is 0.611. The molecule has 1 aromatic rings. The highest BCUT2D eigenvalue weighted by molar-refractivity contribution is 5.93. The number of nitrogens with zero attached hydrogens (tertiary/aromatic N) is 2. The molecule has 0 aliphatic carbocycles. The number of anilines is 1. The van der Waals surface area contributed by atoms with Gasteiger partial charge in [-0.3, -0.25) is 9.69 Å². The lowest BCUT2D eigenvalue weighted by Gasteiger charge is -2.35. The molecule has 0 saturated carbocycles. The minimum Gasteiger partial charge on any atom is -0.324 e. The number of hydrogen-bond acceptors (Lipinski definition) is 3. The highest BCUT2D eigenvalue weighted by Gasteiger charge is 2.19. The first-order chi connectivity index (χ1) is 10.5. The number of amides is 1. The summed E-state index contributed by atoms with van der Waals surface area (Å²) in [6.07, 6.45) is 0. The fourth-order valence-electron chi connectivity index (χ4n) is 3.04. The normalized spacial score (nSPS) is 17.0. The molecule has 122 valence electrons. The molecule has 0 bridgehead atoms. The van der Waals surface area contributed by atoms with Crippen LogP contribution in [0.25, 0.3) is 0 Å². The molecular formula is C18H29N3O. The van der Waals surface area contributed by atoms with Gasteiger partial charge in [0.05, 0.1) is 6.54 Å². The molecule has 1 aromatic carbocycles. The second-order valence-electron chi connectivity index (χ2n) is 6.79. The van der Waals surface area contributed by atoms with E-state index in [2.05, 4.69) is 29.0 Å². The average Bonchev–Trinajstić information content (AvgIpc) is 2.45. The van der Waals surface area contributed by atoms with Crippen LogP contribution in [0.1, 0.15) is 25.0 Å². The Balaban J connectivity index is 1.81. The zero-order chi connectivity index (χ0) is 16.1. The Labute approximate surface area is 134 Å². The van der Waals surface area contributed by atoms with Crippen molar-refractivity contribution < 1.29 is 4.79 Å². The number of nitrogens with one attached hydrogen (secondary N) is 1. The molecule has 1 fully saturated rings. The molecule has 0 spiro atoms. The largest absolute Gasteiger partial charge is 0.324 e. The smallest absolute Gasteiger partial charge is 0.238 e. The van der Waals surface area contributed by atoms with Crippen LogP contribution < -0.4 is 5.32 Å². The number of para-hydroxylation sites is 1. The van der Waals surface area contributed by atoms with E-state index in [1.54, 1.807) is 0 Å². The molecule has 1 amide bonds. The van der Waals surface area contributed by atoms with Gasteiger partial charge in [0, 0.05) is 38.4 Å². The number of hydrogen-bond donors (Lipinski definition) is 1. The van der Waals surface area contributed by atoms with Crippen LogP contribution >= 0.6 is 0 Å². The van der Waals surface area contributed by atoms with E-state index in [0.717, 1.165) is 49.5 Å². The Bertz CT molecular complexity index is 485. The molecule has 1 aliphatic rings. The maximum Gasteiger partial charge on any atom is 0.238 e. The first-order valence-electron chi connectivity index (χ1n) is 8.26. The van der Waals surface area contributed by atoms with E-state index in [1.807, 2.05) is 32.0 Å². The molecule has 1 saturated heterocycles. The van der Waals surface area contributed by atoms with E-state index in [0.29, 0.717) is 12.5 Å². The monoisotopic (exact) mass is 303 g/mol. The van der Waals surface area contributed by atoms with Gasteiger partial charge in [0.15, 0.2) is 0 Å². The van der Waals surface area contributed by atoms with E-state index in [9.17, 15) is 4.79 Å². The van der Waals surface area contributed by atoms with Gasteiger partial charge in [0.25, 0.3) is 0 Å². The third kappa shape index (κ3) is 4.82. The third-order valence-corrected chi connectivity index (χ3v) is 4.20. The quantitative estimate of drug-likeness (QED) is 0.908. The first kappa shape index (κ1) is 17.0. The molecule has 22 heavy (non-hydrogen) atoms. The van der Waals surface area contributed by atoms with Gasteiger partial charge < -0.3 is 10.2 Å². The van der Waals surface area contributed by atoms with Crippen molar-refractivity contribution in [3.05, 3.63) is 29.3 Å². The Morgan fingerprint density at radius 1 is 1.09 bits per heavy atom. The fourth-order valence-corrected chi connectivity index (χ4v) is 3.04. The second kappa shape index (κ2) is 7.75. The molecule has 1 heterocycles. The van der Waals surface area contributed by atoms with Crippen LogP contribution in [-0.4, -0.2) is 55.0 Å². The van der Waals surface area contributed by atoms with Crippen molar-refractivity contribution in [2.24, 2.45) is 5.92 Å². The molecule has 0 radical (unpaired) electrons. The van der Waals surface area contributed by atoms with E-state index in [4.69, 9.17) is 0 Å². The lowest BCUT2D eigenvalue weighted by atomic mass is 10.1. The summed E-state index contributed by atoms with van der Waals surface area (Å²) in [5, 5.41) is 3.08. The Morgan fingerprint density at radius 2 is 1.64 bits per heavy atom. The molecule has 1 aliphatic heterocycles. The topological polar surface area (TPSA) is 35.6 Å². The van der Waals surface area contributed by atoms with Gasteiger partial charge in [0.2, 0.25) is 5.91 Å². The molecule has 2 rings (SSSR count). The van der Waals surface area contributed by atoms with Crippen molar-refractivity contribution >= 4 is 11.6 Å². The van der Waals surface area contributed by atoms with Crippen LogP contribution in [0.5, 0.6) is 0 Å². The number of carbonyl (C=O) groups is 1.